The highest BCUT2D eigenvalue weighted by Gasteiger charge is 2.22. The number of carbonyl (C=O) groups is 2. The van der Waals surface area contributed by atoms with Crippen molar-refractivity contribution in [2.45, 2.75) is 38.1 Å². The number of hydrogen-bond donors (Lipinski definition) is 3. The van der Waals surface area contributed by atoms with E-state index in [0.717, 1.165) is 18.4 Å². The molecule has 6 heteroatoms. The molecule has 1 aliphatic rings. The van der Waals surface area contributed by atoms with E-state index in [-0.39, 0.29) is 17.8 Å². The molecule has 0 saturated heterocycles. The van der Waals surface area contributed by atoms with Crippen LogP contribution in [0, 0.1) is 5.82 Å². The Labute approximate surface area is 158 Å². The molecule has 142 valence electrons. The predicted molar refractivity (Wildman–Crippen MR) is 103 cm³/mol. The number of urea groups is 1. The first-order chi connectivity index (χ1) is 13.1. The molecular weight excluding hydrogens is 345 g/mol. The van der Waals surface area contributed by atoms with Gasteiger partial charge in [0.05, 0.1) is 6.42 Å². The van der Waals surface area contributed by atoms with Crippen molar-refractivity contribution in [2.24, 2.45) is 0 Å². The summed E-state index contributed by atoms with van der Waals surface area (Å²) in [5.74, 6) is -0.182. The molecule has 0 aromatic heterocycles. The lowest BCUT2D eigenvalue weighted by atomic mass is 10.1. The molecule has 0 heterocycles. The quantitative estimate of drug-likeness (QED) is 0.624. The zero-order valence-corrected chi connectivity index (χ0v) is 15.1. The van der Waals surface area contributed by atoms with E-state index in [1.807, 2.05) is 12.1 Å². The van der Waals surface area contributed by atoms with E-state index in [4.69, 9.17) is 0 Å². The van der Waals surface area contributed by atoms with Gasteiger partial charge in [0.2, 0.25) is 5.91 Å². The van der Waals surface area contributed by atoms with Crippen molar-refractivity contribution in [3.8, 4) is 0 Å². The Morgan fingerprint density at radius 2 is 1.78 bits per heavy atom. The number of carbonyl (C=O) groups excluding carboxylic acids is 2. The lowest BCUT2D eigenvalue weighted by molar-refractivity contribution is -0.120. The van der Waals surface area contributed by atoms with Crippen LogP contribution in [-0.2, 0) is 17.6 Å². The molecule has 27 heavy (non-hydrogen) atoms. The van der Waals surface area contributed by atoms with Gasteiger partial charge in [-0.2, -0.15) is 0 Å². The van der Waals surface area contributed by atoms with Crippen molar-refractivity contribution >= 4 is 17.6 Å². The molecule has 5 nitrogen and oxygen atoms in total. The summed E-state index contributed by atoms with van der Waals surface area (Å²) in [5.41, 5.74) is 2.22. The summed E-state index contributed by atoms with van der Waals surface area (Å²) in [7, 11) is 0. The van der Waals surface area contributed by atoms with Crippen molar-refractivity contribution in [1.82, 2.24) is 10.6 Å². The third kappa shape index (κ3) is 6.40. The molecule has 0 bridgehead atoms. The third-order valence-corrected chi connectivity index (χ3v) is 4.39. The Morgan fingerprint density at radius 3 is 2.48 bits per heavy atom. The minimum absolute atomic E-state index is 0.0332. The molecule has 3 rings (SSSR count). The van der Waals surface area contributed by atoms with E-state index in [9.17, 15) is 14.0 Å². The van der Waals surface area contributed by atoms with Crippen molar-refractivity contribution in [2.75, 3.05) is 11.9 Å². The molecule has 0 atom stereocenters. The number of halogens is 1. The van der Waals surface area contributed by atoms with Crippen LogP contribution in [0.1, 0.15) is 30.4 Å². The van der Waals surface area contributed by atoms with E-state index in [1.54, 1.807) is 30.3 Å². The molecule has 0 unspecified atom stereocenters. The second-order valence-corrected chi connectivity index (χ2v) is 6.79. The normalized spacial score (nSPS) is 13.1. The van der Waals surface area contributed by atoms with E-state index in [1.165, 1.54) is 6.07 Å². The molecule has 1 aliphatic carbocycles. The van der Waals surface area contributed by atoms with Gasteiger partial charge in [-0.3, -0.25) is 4.79 Å². The molecular formula is C21H24FN3O2. The first-order valence-electron chi connectivity index (χ1n) is 9.27. The van der Waals surface area contributed by atoms with Crippen LogP contribution in [0.2, 0.25) is 0 Å². The van der Waals surface area contributed by atoms with Gasteiger partial charge in [-0.05, 0) is 55.0 Å². The van der Waals surface area contributed by atoms with Gasteiger partial charge < -0.3 is 16.0 Å². The largest absolute Gasteiger partial charge is 0.353 e. The van der Waals surface area contributed by atoms with Crippen molar-refractivity contribution in [1.29, 1.82) is 0 Å². The second-order valence-electron chi connectivity index (χ2n) is 6.79. The zero-order chi connectivity index (χ0) is 19.1. The maximum absolute atomic E-state index is 13.5. The minimum Gasteiger partial charge on any atom is -0.353 e. The Hall–Kier alpha value is -2.89. The number of rotatable bonds is 8. The highest BCUT2D eigenvalue weighted by Crippen LogP contribution is 2.19. The Bertz CT molecular complexity index is 788. The zero-order valence-electron chi connectivity index (χ0n) is 15.1. The van der Waals surface area contributed by atoms with E-state index < -0.39 is 0 Å². The first kappa shape index (κ1) is 18.9. The maximum Gasteiger partial charge on any atom is 0.319 e. The number of anilines is 1. The maximum atomic E-state index is 13.5. The fraction of sp³-hybridized carbons (Fsp3) is 0.333. The number of aryl methyl sites for hydroxylation is 1. The Kier molecular flexibility index (Phi) is 6.41. The lowest BCUT2D eigenvalue weighted by Crippen LogP contribution is -2.29. The molecule has 3 amide bonds. The minimum atomic E-state index is -0.303. The monoisotopic (exact) mass is 369 g/mol. The molecule has 3 N–H and O–H groups in total. The van der Waals surface area contributed by atoms with Crippen LogP contribution in [0.5, 0.6) is 0 Å². The predicted octanol–water partition coefficient (Wildman–Crippen LogP) is 3.40. The van der Waals surface area contributed by atoms with Crippen molar-refractivity contribution in [3.05, 3.63) is 65.5 Å². The molecule has 2 aromatic rings. The van der Waals surface area contributed by atoms with Gasteiger partial charge in [0.1, 0.15) is 5.82 Å². The van der Waals surface area contributed by atoms with Crippen LogP contribution in [-0.4, -0.2) is 24.5 Å². The van der Waals surface area contributed by atoms with E-state index >= 15 is 0 Å². The van der Waals surface area contributed by atoms with Crippen molar-refractivity contribution < 1.29 is 14.0 Å². The highest BCUT2D eigenvalue weighted by atomic mass is 19.1. The average molecular weight is 369 g/mol. The average Bonchev–Trinajstić information content (AvgIpc) is 3.45. The summed E-state index contributed by atoms with van der Waals surface area (Å²) >= 11 is 0. The van der Waals surface area contributed by atoms with Crippen molar-refractivity contribution in [3.63, 3.8) is 0 Å². The summed E-state index contributed by atoms with van der Waals surface area (Å²) in [6, 6.07) is 13.9. The van der Waals surface area contributed by atoms with E-state index in [2.05, 4.69) is 16.0 Å². The van der Waals surface area contributed by atoms with Gasteiger partial charge in [0, 0.05) is 18.3 Å². The summed E-state index contributed by atoms with van der Waals surface area (Å²) in [4.78, 5) is 23.7. The number of hydrogen-bond acceptors (Lipinski definition) is 2. The summed E-state index contributed by atoms with van der Waals surface area (Å²) in [6.07, 6.45) is 3.72. The van der Waals surface area contributed by atoms with Gasteiger partial charge in [0.15, 0.2) is 0 Å². The summed E-state index contributed by atoms with van der Waals surface area (Å²) < 4.78 is 13.5. The number of benzene rings is 2. The summed E-state index contributed by atoms with van der Waals surface area (Å²) in [6.45, 7) is 0.458. The topological polar surface area (TPSA) is 70.2 Å². The van der Waals surface area contributed by atoms with Gasteiger partial charge >= 0.3 is 6.03 Å². The lowest BCUT2D eigenvalue weighted by Gasteiger charge is -2.09. The van der Waals surface area contributed by atoms with Crippen LogP contribution in [0.25, 0.3) is 0 Å². The molecule has 1 fully saturated rings. The molecule has 1 saturated carbocycles. The highest BCUT2D eigenvalue weighted by molar-refractivity contribution is 5.89. The number of nitrogens with one attached hydrogen (secondary N) is 3. The summed E-state index contributed by atoms with van der Waals surface area (Å²) in [5, 5.41) is 8.46. The van der Waals surface area contributed by atoms with Crippen LogP contribution >= 0.6 is 0 Å². The Morgan fingerprint density at radius 1 is 1.04 bits per heavy atom. The van der Waals surface area contributed by atoms with Gasteiger partial charge in [-0.25, -0.2) is 9.18 Å². The van der Waals surface area contributed by atoms with Gasteiger partial charge in [-0.1, -0.05) is 30.3 Å². The van der Waals surface area contributed by atoms with Crippen LogP contribution in [0.3, 0.4) is 0 Å². The van der Waals surface area contributed by atoms with Gasteiger partial charge in [-0.15, -0.1) is 0 Å². The molecule has 0 spiro atoms. The molecule has 0 radical (unpaired) electrons. The fourth-order valence-electron chi connectivity index (χ4n) is 2.75. The number of amides is 3. The Balaban J connectivity index is 1.36. The second kappa shape index (κ2) is 9.16. The van der Waals surface area contributed by atoms with Crippen LogP contribution in [0.15, 0.2) is 48.5 Å². The standard InChI is InChI=1S/C21H24FN3O2/c22-19-6-2-1-4-16(19)5-3-13-23-21(27)25-18-9-7-15(8-10-18)14-20(26)24-17-11-12-17/h1-2,4,6-10,17H,3,5,11-14H2,(H,24,26)(H2,23,25,27). The van der Waals surface area contributed by atoms with Crippen LogP contribution < -0.4 is 16.0 Å². The van der Waals surface area contributed by atoms with Gasteiger partial charge in [0.25, 0.3) is 0 Å². The first-order valence-corrected chi connectivity index (χ1v) is 9.27. The fourth-order valence-corrected chi connectivity index (χ4v) is 2.75. The molecule has 2 aromatic carbocycles. The van der Waals surface area contributed by atoms with E-state index in [0.29, 0.717) is 43.1 Å². The molecule has 0 aliphatic heterocycles. The smallest absolute Gasteiger partial charge is 0.319 e. The third-order valence-electron chi connectivity index (χ3n) is 4.39. The SMILES string of the molecule is O=C(Cc1ccc(NC(=O)NCCCc2ccccc2F)cc1)NC1CC1. The van der Waals surface area contributed by atoms with Crippen LogP contribution in [0.4, 0.5) is 14.9 Å².